The molecular weight excluding hydrogens is 656 g/mol. The van der Waals surface area contributed by atoms with Crippen LogP contribution >= 0.6 is 11.3 Å². The lowest BCUT2D eigenvalue weighted by Gasteiger charge is -2.35. The van der Waals surface area contributed by atoms with Crippen LogP contribution in [0.3, 0.4) is 0 Å². The average molecular weight is 707 g/mol. The molecule has 3 N–H and O–H groups in total. The fourth-order valence-electron chi connectivity index (χ4n) is 5.08. The highest BCUT2D eigenvalue weighted by atomic mass is 32.1. The molecule has 1 saturated heterocycles. The normalized spacial score (nSPS) is 15.3. The Morgan fingerprint density at radius 1 is 0.918 bits per heavy atom. The maximum Gasteiger partial charge on any atom is 0.329 e. The van der Waals surface area contributed by atoms with Crippen molar-refractivity contribution in [2.75, 3.05) is 72.6 Å². The predicted octanol–water partition coefficient (Wildman–Crippen LogP) is 2.42. The van der Waals surface area contributed by atoms with Gasteiger partial charge in [0.25, 0.3) is 0 Å². The molecule has 49 heavy (non-hydrogen) atoms. The zero-order valence-electron chi connectivity index (χ0n) is 28.9. The number of aromatic nitrogens is 1. The van der Waals surface area contributed by atoms with Crippen LogP contribution in [-0.2, 0) is 49.4 Å². The third kappa shape index (κ3) is 14.1. The number of nitrogens with zero attached hydrogens (tertiary/aromatic N) is 2. The minimum Gasteiger partial charge on any atom is -0.480 e. The fourth-order valence-corrected chi connectivity index (χ4v) is 5.89. The number of amides is 3. The van der Waals surface area contributed by atoms with Crippen LogP contribution in [0.5, 0.6) is 0 Å². The molecule has 14 nitrogen and oxygen atoms in total. The molecule has 3 rings (SSSR count). The maximum atomic E-state index is 13.7. The van der Waals surface area contributed by atoms with E-state index in [1.165, 1.54) is 0 Å². The summed E-state index contributed by atoms with van der Waals surface area (Å²) in [6.07, 6.45) is 1.25. The number of aliphatic carboxylic acids is 1. The number of hydrogen-bond acceptors (Lipinski definition) is 11. The van der Waals surface area contributed by atoms with Gasteiger partial charge in [0.1, 0.15) is 25.3 Å². The highest BCUT2D eigenvalue weighted by Crippen LogP contribution is 2.28. The number of thiazole rings is 1. The molecule has 2 unspecified atom stereocenters. The number of carboxylic acids is 1. The van der Waals surface area contributed by atoms with Gasteiger partial charge in [0.2, 0.25) is 17.7 Å². The second-order valence-electron chi connectivity index (χ2n) is 12.6. The molecule has 272 valence electrons. The van der Waals surface area contributed by atoms with Gasteiger partial charge >= 0.3 is 5.97 Å². The molecule has 0 saturated carbocycles. The summed E-state index contributed by atoms with van der Waals surface area (Å²) in [5, 5.41) is 14.3. The lowest BCUT2D eigenvalue weighted by atomic mass is 9.85. The summed E-state index contributed by atoms with van der Waals surface area (Å²) in [5.41, 5.74) is 4.24. The van der Waals surface area contributed by atoms with E-state index in [0.717, 1.165) is 21.7 Å². The molecule has 2 heterocycles. The molecule has 0 bridgehead atoms. The SMILES string of the molecule is Cc1ncsc1-c1ccc(CNC(=O)C2CCCN2C(=O)C(NC(=O)COCCOCCOCCOCCOCC(=O)O)C(C)(C)C)cc1. The molecule has 0 aliphatic carbocycles. The van der Waals surface area contributed by atoms with Crippen molar-refractivity contribution in [1.82, 2.24) is 20.5 Å². The quantitative estimate of drug-likeness (QED) is 0.154. The Morgan fingerprint density at radius 2 is 1.49 bits per heavy atom. The van der Waals surface area contributed by atoms with Crippen molar-refractivity contribution in [3.05, 3.63) is 41.0 Å². The van der Waals surface area contributed by atoms with E-state index in [-0.39, 0.29) is 51.5 Å². The van der Waals surface area contributed by atoms with Gasteiger partial charge in [0.05, 0.1) is 68.9 Å². The first-order valence-electron chi connectivity index (χ1n) is 16.4. The maximum absolute atomic E-state index is 13.7. The molecule has 2 aromatic rings. The predicted molar refractivity (Wildman–Crippen MR) is 182 cm³/mol. The molecule has 1 aromatic carbocycles. The number of hydrogen-bond donors (Lipinski definition) is 3. The molecule has 15 heteroatoms. The standard InChI is InChI=1S/C34H50N4O10S/c1-24-30(49-23-36-24)26-9-7-25(8-10-26)20-35-32(42)27-6-5-11-38(27)33(43)31(34(2,3)4)37-28(39)21-47-18-16-45-14-12-44-13-15-46-17-19-48-22-29(40)41/h7-10,23,27,31H,5-6,11-22H2,1-4H3,(H,35,42)(H,37,39)(H,40,41). The lowest BCUT2D eigenvalue weighted by molar-refractivity contribution is -0.144. The summed E-state index contributed by atoms with van der Waals surface area (Å²) >= 11 is 1.59. The number of nitrogens with one attached hydrogen (secondary N) is 2. The second-order valence-corrected chi connectivity index (χ2v) is 13.4. The highest BCUT2D eigenvalue weighted by molar-refractivity contribution is 7.13. The van der Waals surface area contributed by atoms with Gasteiger partial charge in [-0.25, -0.2) is 9.78 Å². The van der Waals surface area contributed by atoms with Crippen LogP contribution in [-0.4, -0.2) is 123 Å². The topological polar surface area (TPSA) is 175 Å². The lowest BCUT2D eigenvalue weighted by Crippen LogP contribution is -2.58. The van der Waals surface area contributed by atoms with E-state index in [9.17, 15) is 19.2 Å². The van der Waals surface area contributed by atoms with Crippen molar-refractivity contribution in [3.8, 4) is 10.4 Å². The van der Waals surface area contributed by atoms with Gasteiger partial charge in [-0.3, -0.25) is 14.4 Å². The van der Waals surface area contributed by atoms with Gasteiger partial charge in [-0.15, -0.1) is 11.3 Å². The summed E-state index contributed by atoms with van der Waals surface area (Å²) in [5.74, 6) is -1.95. The number of likely N-dealkylation sites (tertiary alicyclic amines) is 1. The van der Waals surface area contributed by atoms with E-state index in [4.69, 9.17) is 28.8 Å². The van der Waals surface area contributed by atoms with Gasteiger partial charge in [0, 0.05) is 13.1 Å². The van der Waals surface area contributed by atoms with Crippen molar-refractivity contribution in [1.29, 1.82) is 0 Å². The van der Waals surface area contributed by atoms with Crippen LogP contribution in [0.4, 0.5) is 0 Å². The minimum absolute atomic E-state index is 0.184. The molecule has 1 aromatic heterocycles. The van der Waals surface area contributed by atoms with Crippen LogP contribution in [0.1, 0.15) is 44.9 Å². The Labute approximate surface area is 291 Å². The Morgan fingerprint density at radius 3 is 2.02 bits per heavy atom. The second kappa shape index (κ2) is 20.9. The molecule has 3 amide bonds. The number of aryl methyl sites for hydroxylation is 1. The van der Waals surface area contributed by atoms with Crippen LogP contribution in [0.2, 0.25) is 0 Å². The fraction of sp³-hybridized carbons (Fsp3) is 0.618. The van der Waals surface area contributed by atoms with Crippen LogP contribution in [0.25, 0.3) is 10.4 Å². The van der Waals surface area contributed by atoms with Crippen LogP contribution in [0.15, 0.2) is 29.8 Å². The van der Waals surface area contributed by atoms with Gasteiger partial charge < -0.3 is 44.3 Å². The Kier molecular flexibility index (Phi) is 17.1. The molecule has 1 aliphatic heterocycles. The van der Waals surface area contributed by atoms with Gasteiger partial charge in [-0.2, -0.15) is 0 Å². The first-order valence-corrected chi connectivity index (χ1v) is 17.3. The van der Waals surface area contributed by atoms with E-state index in [1.807, 2.05) is 57.5 Å². The zero-order chi connectivity index (χ0) is 35.6. The van der Waals surface area contributed by atoms with E-state index in [0.29, 0.717) is 52.4 Å². The number of benzene rings is 1. The molecule has 1 fully saturated rings. The highest BCUT2D eigenvalue weighted by Gasteiger charge is 2.41. The van der Waals surface area contributed by atoms with Gasteiger partial charge in [-0.05, 0) is 36.3 Å². The Balaban J connectivity index is 1.33. The Bertz CT molecular complexity index is 1330. The zero-order valence-corrected chi connectivity index (χ0v) is 29.7. The third-order valence-electron chi connectivity index (χ3n) is 7.63. The number of carboxylic acid groups (broad SMARTS) is 1. The first kappa shape index (κ1) is 40.0. The van der Waals surface area contributed by atoms with Crippen molar-refractivity contribution in [2.24, 2.45) is 5.41 Å². The third-order valence-corrected chi connectivity index (χ3v) is 8.61. The first-order chi connectivity index (χ1) is 23.5. The summed E-state index contributed by atoms with van der Waals surface area (Å²) in [4.78, 5) is 57.1. The summed E-state index contributed by atoms with van der Waals surface area (Å²) in [6.45, 7) is 10.1. The summed E-state index contributed by atoms with van der Waals surface area (Å²) in [7, 11) is 0. The van der Waals surface area contributed by atoms with Crippen molar-refractivity contribution in [3.63, 3.8) is 0 Å². The van der Waals surface area contributed by atoms with Crippen LogP contribution < -0.4 is 10.6 Å². The summed E-state index contributed by atoms with van der Waals surface area (Å²) in [6, 6.07) is 6.55. The van der Waals surface area contributed by atoms with Gasteiger partial charge in [0.15, 0.2) is 0 Å². The number of carbonyl (C=O) groups excluding carboxylic acids is 3. The van der Waals surface area contributed by atoms with Crippen molar-refractivity contribution >= 4 is 35.0 Å². The molecular formula is C34H50N4O10S. The average Bonchev–Trinajstić information content (AvgIpc) is 3.73. The largest absolute Gasteiger partial charge is 0.480 e. The number of carbonyl (C=O) groups is 4. The summed E-state index contributed by atoms with van der Waals surface area (Å²) < 4.78 is 26.4. The van der Waals surface area contributed by atoms with Crippen LogP contribution in [0, 0.1) is 12.3 Å². The van der Waals surface area contributed by atoms with Crippen molar-refractivity contribution < 1.29 is 48.0 Å². The molecule has 2 atom stereocenters. The van der Waals surface area contributed by atoms with Crippen molar-refractivity contribution in [2.45, 2.75) is 59.2 Å². The number of ether oxygens (including phenoxy) is 5. The number of rotatable bonds is 22. The van der Waals surface area contributed by atoms with E-state index in [2.05, 4.69) is 15.6 Å². The van der Waals surface area contributed by atoms with E-state index in [1.54, 1.807) is 16.2 Å². The smallest absolute Gasteiger partial charge is 0.329 e. The molecule has 0 spiro atoms. The van der Waals surface area contributed by atoms with E-state index < -0.39 is 29.4 Å². The molecule has 0 radical (unpaired) electrons. The minimum atomic E-state index is -1.02. The van der Waals surface area contributed by atoms with E-state index >= 15 is 0 Å². The molecule has 1 aliphatic rings. The Hall–Kier alpha value is -3.47. The monoisotopic (exact) mass is 706 g/mol. The van der Waals surface area contributed by atoms with Gasteiger partial charge in [-0.1, -0.05) is 45.0 Å².